The average molecular weight is 467 g/mol. The Morgan fingerprint density at radius 3 is 2.09 bits per heavy atom. The van der Waals surface area contributed by atoms with Crippen LogP contribution in [0.15, 0.2) is 48.5 Å². The summed E-state index contributed by atoms with van der Waals surface area (Å²) >= 11 is 0. The molecule has 0 aliphatic heterocycles. The topological polar surface area (TPSA) is 105 Å². The van der Waals surface area contributed by atoms with Crippen molar-refractivity contribution in [1.29, 1.82) is 0 Å². The van der Waals surface area contributed by atoms with Crippen LogP contribution >= 0.6 is 0 Å². The van der Waals surface area contributed by atoms with Gasteiger partial charge in [0.25, 0.3) is 0 Å². The second-order valence-corrected chi connectivity index (χ2v) is 9.19. The molecule has 2 atom stereocenters. The first-order valence-electron chi connectivity index (χ1n) is 11.9. The van der Waals surface area contributed by atoms with Gasteiger partial charge in [0, 0.05) is 24.9 Å². The van der Waals surface area contributed by atoms with Crippen LogP contribution in [0.4, 0.5) is 4.79 Å². The normalized spacial score (nSPS) is 14.1. The van der Waals surface area contributed by atoms with Gasteiger partial charge < -0.3 is 20.5 Å². The Morgan fingerprint density at radius 2 is 1.56 bits per heavy atom. The van der Waals surface area contributed by atoms with Gasteiger partial charge >= 0.3 is 12.1 Å². The van der Waals surface area contributed by atoms with Gasteiger partial charge in [0.1, 0.15) is 6.61 Å². The van der Waals surface area contributed by atoms with Crippen LogP contribution in [-0.4, -0.2) is 42.3 Å². The molecule has 0 saturated heterocycles. The molecule has 1 aliphatic carbocycles. The minimum Gasteiger partial charge on any atom is -0.481 e. The Morgan fingerprint density at radius 1 is 0.971 bits per heavy atom. The summed E-state index contributed by atoms with van der Waals surface area (Å²) < 4.78 is 5.58. The molecular weight excluding hydrogens is 432 g/mol. The van der Waals surface area contributed by atoms with Crippen LogP contribution in [0.2, 0.25) is 0 Å². The fourth-order valence-corrected chi connectivity index (χ4v) is 4.44. The zero-order valence-electron chi connectivity index (χ0n) is 20.0. The molecule has 0 saturated carbocycles. The van der Waals surface area contributed by atoms with E-state index in [2.05, 4.69) is 34.9 Å². The van der Waals surface area contributed by atoms with E-state index in [9.17, 15) is 14.4 Å². The highest BCUT2D eigenvalue weighted by atomic mass is 16.5. The summed E-state index contributed by atoms with van der Waals surface area (Å²) in [5.74, 6) is -1.10. The van der Waals surface area contributed by atoms with Gasteiger partial charge in [0.05, 0.1) is 6.42 Å². The van der Waals surface area contributed by atoms with Gasteiger partial charge in [0.2, 0.25) is 5.91 Å². The molecule has 182 valence electrons. The van der Waals surface area contributed by atoms with Crippen molar-refractivity contribution < 1.29 is 24.2 Å². The molecular formula is C27H34N2O5. The van der Waals surface area contributed by atoms with Crippen molar-refractivity contribution in [3.63, 3.8) is 0 Å². The van der Waals surface area contributed by atoms with Gasteiger partial charge in [-0.15, -0.1) is 0 Å². The van der Waals surface area contributed by atoms with Crippen molar-refractivity contribution in [2.75, 3.05) is 13.2 Å². The number of hydrogen-bond donors (Lipinski definition) is 3. The van der Waals surface area contributed by atoms with Crippen molar-refractivity contribution in [2.24, 2.45) is 11.8 Å². The molecule has 7 heteroatoms. The largest absolute Gasteiger partial charge is 0.481 e. The van der Waals surface area contributed by atoms with E-state index in [1.165, 1.54) is 11.1 Å². The SMILES string of the molecule is CCC(CC(=O)O)NC(=O)CC(CNC(=O)OCC1c2ccccc2-c2ccccc21)C(C)C. The number of aliphatic carboxylic acids is 1. The van der Waals surface area contributed by atoms with Crippen LogP contribution < -0.4 is 10.6 Å². The van der Waals surface area contributed by atoms with E-state index in [0.29, 0.717) is 13.0 Å². The Labute approximate surface area is 200 Å². The molecule has 3 N–H and O–H groups in total. The average Bonchev–Trinajstić information content (AvgIpc) is 3.13. The fraction of sp³-hybridized carbons (Fsp3) is 0.444. The number of carboxylic acids is 1. The second-order valence-electron chi connectivity index (χ2n) is 9.19. The van der Waals surface area contributed by atoms with Gasteiger partial charge in [-0.1, -0.05) is 69.3 Å². The minimum absolute atomic E-state index is 0.00923. The van der Waals surface area contributed by atoms with Crippen LogP contribution in [0.3, 0.4) is 0 Å². The van der Waals surface area contributed by atoms with Crippen LogP contribution in [0.1, 0.15) is 57.1 Å². The highest BCUT2D eigenvalue weighted by molar-refractivity contribution is 5.79. The molecule has 3 rings (SSSR count). The molecule has 1 aliphatic rings. The third-order valence-corrected chi connectivity index (χ3v) is 6.52. The monoisotopic (exact) mass is 466 g/mol. The molecule has 0 radical (unpaired) electrons. The Balaban J connectivity index is 1.52. The molecule has 34 heavy (non-hydrogen) atoms. The van der Waals surface area contributed by atoms with Crippen molar-refractivity contribution in [1.82, 2.24) is 10.6 Å². The quantitative estimate of drug-likeness (QED) is 0.450. The highest BCUT2D eigenvalue weighted by Crippen LogP contribution is 2.44. The predicted molar refractivity (Wildman–Crippen MR) is 130 cm³/mol. The van der Waals surface area contributed by atoms with Crippen LogP contribution in [0.5, 0.6) is 0 Å². The Bertz CT molecular complexity index is 974. The summed E-state index contributed by atoms with van der Waals surface area (Å²) in [5, 5.41) is 14.6. The van der Waals surface area contributed by atoms with E-state index < -0.39 is 18.1 Å². The van der Waals surface area contributed by atoms with E-state index in [-0.39, 0.29) is 43.1 Å². The number of rotatable bonds is 11. The van der Waals surface area contributed by atoms with Crippen LogP contribution in [0, 0.1) is 11.8 Å². The second kappa shape index (κ2) is 11.7. The lowest BCUT2D eigenvalue weighted by atomic mass is 9.92. The summed E-state index contributed by atoms with van der Waals surface area (Å²) in [6.07, 6.45) is 0.136. The molecule has 0 heterocycles. The molecule has 2 aromatic rings. The van der Waals surface area contributed by atoms with Crippen molar-refractivity contribution >= 4 is 18.0 Å². The lowest BCUT2D eigenvalue weighted by Gasteiger charge is -2.23. The zero-order valence-corrected chi connectivity index (χ0v) is 20.0. The number of alkyl carbamates (subject to hydrolysis) is 1. The molecule has 0 bridgehead atoms. The van der Waals surface area contributed by atoms with Gasteiger partial charge in [-0.05, 0) is 40.5 Å². The number of carbonyl (C=O) groups is 3. The summed E-state index contributed by atoms with van der Waals surface area (Å²) in [6.45, 7) is 6.36. The Kier molecular flexibility index (Phi) is 8.68. The molecule has 2 unspecified atom stereocenters. The van der Waals surface area contributed by atoms with Crippen LogP contribution in [-0.2, 0) is 14.3 Å². The number of ether oxygens (including phenoxy) is 1. The third kappa shape index (κ3) is 6.37. The van der Waals surface area contributed by atoms with Crippen molar-refractivity contribution in [2.45, 2.75) is 52.0 Å². The molecule has 7 nitrogen and oxygen atoms in total. The fourth-order valence-electron chi connectivity index (χ4n) is 4.44. The van der Waals surface area contributed by atoms with E-state index in [0.717, 1.165) is 11.1 Å². The third-order valence-electron chi connectivity index (χ3n) is 6.52. The van der Waals surface area contributed by atoms with E-state index in [1.54, 1.807) is 0 Å². The molecule has 2 aromatic carbocycles. The molecule has 0 aromatic heterocycles. The number of hydrogen-bond acceptors (Lipinski definition) is 4. The number of fused-ring (bicyclic) bond motifs is 3. The number of amides is 2. The van der Waals surface area contributed by atoms with Gasteiger partial charge in [0.15, 0.2) is 0 Å². The summed E-state index contributed by atoms with van der Waals surface area (Å²) in [6, 6.07) is 15.9. The maximum atomic E-state index is 12.5. The first kappa shape index (κ1) is 25.3. The predicted octanol–water partition coefficient (Wildman–Crippen LogP) is 4.56. The number of carboxylic acid groups (broad SMARTS) is 1. The Hall–Kier alpha value is -3.35. The van der Waals surface area contributed by atoms with E-state index in [1.807, 2.05) is 45.0 Å². The number of nitrogens with one attached hydrogen (secondary N) is 2. The summed E-state index contributed by atoms with van der Waals surface area (Å²) in [7, 11) is 0. The maximum Gasteiger partial charge on any atom is 0.407 e. The molecule has 0 fully saturated rings. The van der Waals surface area contributed by atoms with Gasteiger partial charge in [-0.25, -0.2) is 4.79 Å². The lowest BCUT2D eigenvalue weighted by Crippen LogP contribution is -2.39. The summed E-state index contributed by atoms with van der Waals surface area (Å²) in [5.41, 5.74) is 4.65. The van der Waals surface area contributed by atoms with Crippen molar-refractivity contribution in [3.8, 4) is 11.1 Å². The van der Waals surface area contributed by atoms with Crippen LogP contribution in [0.25, 0.3) is 11.1 Å². The standard InChI is InChI=1S/C27H34N2O5/c1-4-19(14-26(31)32)29-25(30)13-18(17(2)3)15-28-27(33)34-16-24-22-11-7-5-9-20(22)21-10-6-8-12-23(21)24/h5-12,17-19,24H,4,13-16H2,1-3H3,(H,28,33)(H,29,30)(H,31,32). The van der Waals surface area contributed by atoms with E-state index >= 15 is 0 Å². The number of benzene rings is 2. The summed E-state index contributed by atoms with van der Waals surface area (Å²) in [4.78, 5) is 35.9. The maximum absolute atomic E-state index is 12.5. The highest BCUT2D eigenvalue weighted by Gasteiger charge is 2.29. The zero-order chi connectivity index (χ0) is 24.7. The van der Waals surface area contributed by atoms with Gasteiger partial charge in [-0.2, -0.15) is 0 Å². The van der Waals surface area contributed by atoms with E-state index in [4.69, 9.17) is 9.84 Å². The minimum atomic E-state index is -0.940. The lowest BCUT2D eigenvalue weighted by molar-refractivity contribution is -0.137. The van der Waals surface area contributed by atoms with Crippen molar-refractivity contribution in [3.05, 3.63) is 59.7 Å². The first-order chi connectivity index (χ1) is 16.3. The van der Waals surface area contributed by atoms with Gasteiger partial charge in [-0.3, -0.25) is 9.59 Å². The molecule has 0 spiro atoms. The smallest absolute Gasteiger partial charge is 0.407 e. The first-order valence-corrected chi connectivity index (χ1v) is 11.9. The number of carbonyl (C=O) groups excluding carboxylic acids is 2. The molecule has 2 amide bonds.